The topological polar surface area (TPSA) is 26.7 Å². The SMILES string of the molecule is Cc1ccc(N2CCC(N(C)C(O)c3ccccc3)C2)cc1. The van der Waals surface area contributed by atoms with Gasteiger partial charge in [0.1, 0.15) is 6.23 Å². The molecule has 1 N–H and O–H groups in total. The largest absolute Gasteiger partial charge is 0.374 e. The van der Waals surface area contributed by atoms with Crippen molar-refractivity contribution < 1.29 is 5.11 Å². The van der Waals surface area contributed by atoms with E-state index in [0.29, 0.717) is 6.04 Å². The zero-order chi connectivity index (χ0) is 15.5. The van der Waals surface area contributed by atoms with Crippen LogP contribution in [0.3, 0.4) is 0 Å². The molecule has 1 fully saturated rings. The van der Waals surface area contributed by atoms with Crippen LogP contribution in [0.4, 0.5) is 5.69 Å². The predicted molar refractivity (Wildman–Crippen MR) is 91.0 cm³/mol. The van der Waals surface area contributed by atoms with Gasteiger partial charge in [-0.05, 0) is 38.1 Å². The number of hydrogen-bond donors (Lipinski definition) is 1. The highest BCUT2D eigenvalue weighted by molar-refractivity contribution is 5.48. The second-order valence-electron chi connectivity index (χ2n) is 6.17. The van der Waals surface area contributed by atoms with Gasteiger partial charge in [-0.2, -0.15) is 0 Å². The molecule has 2 atom stereocenters. The normalized spacial score (nSPS) is 19.6. The van der Waals surface area contributed by atoms with Gasteiger partial charge >= 0.3 is 0 Å². The van der Waals surface area contributed by atoms with Crippen LogP contribution in [0.15, 0.2) is 54.6 Å². The molecule has 0 spiro atoms. The number of aliphatic hydroxyl groups is 1. The molecule has 1 aliphatic rings. The summed E-state index contributed by atoms with van der Waals surface area (Å²) in [4.78, 5) is 4.49. The van der Waals surface area contributed by atoms with Crippen LogP contribution in [-0.2, 0) is 0 Å². The number of likely N-dealkylation sites (N-methyl/N-ethyl adjacent to an activating group) is 1. The summed E-state index contributed by atoms with van der Waals surface area (Å²) in [6.45, 7) is 4.11. The summed E-state index contributed by atoms with van der Waals surface area (Å²) in [5.74, 6) is 0. The first-order valence-electron chi connectivity index (χ1n) is 7.92. The molecule has 2 unspecified atom stereocenters. The van der Waals surface area contributed by atoms with Crippen LogP contribution in [0.5, 0.6) is 0 Å². The van der Waals surface area contributed by atoms with Gasteiger partial charge in [-0.3, -0.25) is 4.90 Å². The average Bonchev–Trinajstić information content (AvgIpc) is 3.05. The van der Waals surface area contributed by atoms with Crippen molar-refractivity contribution in [2.45, 2.75) is 25.6 Å². The van der Waals surface area contributed by atoms with Crippen molar-refractivity contribution in [2.24, 2.45) is 0 Å². The highest BCUT2D eigenvalue weighted by Gasteiger charge is 2.29. The zero-order valence-corrected chi connectivity index (χ0v) is 13.3. The fourth-order valence-electron chi connectivity index (χ4n) is 3.12. The third-order valence-electron chi connectivity index (χ3n) is 4.62. The highest BCUT2D eigenvalue weighted by atomic mass is 16.3. The molecule has 0 radical (unpaired) electrons. The summed E-state index contributed by atoms with van der Waals surface area (Å²) < 4.78 is 0. The van der Waals surface area contributed by atoms with Gasteiger partial charge in [0.2, 0.25) is 0 Å². The third kappa shape index (κ3) is 3.16. The molecule has 3 heteroatoms. The Hall–Kier alpha value is -1.84. The number of nitrogens with zero attached hydrogens (tertiary/aromatic N) is 2. The molecule has 22 heavy (non-hydrogen) atoms. The highest BCUT2D eigenvalue weighted by Crippen LogP contribution is 2.27. The monoisotopic (exact) mass is 296 g/mol. The first-order chi connectivity index (χ1) is 10.6. The number of aryl methyl sites for hydroxylation is 1. The van der Waals surface area contributed by atoms with E-state index in [1.54, 1.807) is 0 Å². The van der Waals surface area contributed by atoms with Crippen molar-refractivity contribution in [3.05, 3.63) is 65.7 Å². The smallest absolute Gasteiger partial charge is 0.133 e. The summed E-state index contributed by atoms with van der Waals surface area (Å²) in [5, 5.41) is 10.6. The van der Waals surface area contributed by atoms with Crippen LogP contribution in [0, 0.1) is 6.92 Å². The Bertz CT molecular complexity index is 597. The lowest BCUT2D eigenvalue weighted by atomic mass is 10.1. The van der Waals surface area contributed by atoms with E-state index in [1.165, 1.54) is 11.3 Å². The van der Waals surface area contributed by atoms with Crippen molar-refractivity contribution in [3.63, 3.8) is 0 Å². The molecule has 0 amide bonds. The van der Waals surface area contributed by atoms with Crippen molar-refractivity contribution >= 4 is 5.69 Å². The van der Waals surface area contributed by atoms with Crippen LogP contribution < -0.4 is 4.90 Å². The van der Waals surface area contributed by atoms with Gasteiger partial charge in [0.05, 0.1) is 0 Å². The summed E-state index contributed by atoms with van der Waals surface area (Å²) >= 11 is 0. The third-order valence-corrected chi connectivity index (χ3v) is 4.62. The Labute approximate surface area is 132 Å². The Morgan fingerprint density at radius 1 is 1.09 bits per heavy atom. The molecular formula is C19H24N2O. The van der Waals surface area contributed by atoms with Crippen LogP contribution >= 0.6 is 0 Å². The molecule has 116 valence electrons. The standard InChI is InChI=1S/C19H24N2O/c1-15-8-10-17(11-9-15)21-13-12-18(14-21)20(2)19(22)16-6-4-3-5-7-16/h3-11,18-19,22H,12-14H2,1-2H3. The fourth-order valence-corrected chi connectivity index (χ4v) is 3.12. The van der Waals surface area contributed by atoms with Crippen LogP contribution in [0.1, 0.15) is 23.8 Å². The Morgan fingerprint density at radius 2 is 1.77 bits per heavy atom. The maximum Gasteiger partial charge on any atom is 0.133 e. The first kappa shape index (κ1) is 15.1. The van der Waals surface area contributed by atoms with Gasteiger partial charge in [0.25, 0.3) is 0 Å². The first-order valence-corrected chi connectivity index (χ1v) is 7.92. The van der Waals surface area contributed by atoms with Gasteiger partial charge in [-0.1, -0.05) is 48.0 Å². The van der Waals surface area contributed by atoms with E-state index in [2.05, 4.69) is 41.0 Å². The van der Waals surface area contributed by atoms with E-state index in [0.717, 1.165) is 25.1 Å². The second kappa shape index (κ2) is 6.51. The number of rotatable bonds is 4. The predicted octanol–water partition coefficient (Wildman–Crippen LogP) is 3.20. The van der Waals surface area contributed by atoms with Crippen LogP contribution in [0.2, 0.25) is 0 Å². The molecular weight excluding hydrogens is 272 g/mol. The number of hydrogen-bond acceptors (Lipinski definition) is 3. The van der Waals surface area contributed by atoms with Gasteiger partial charge in [-0.15, -0.1) is 0 Å². The quantitative estimate of drug-likeness (QED) is 0.878. The van der Waals surface area contributed by atoms with E-state index in [-0.39, 0.29) is 0 Å². The molecule has 1 aliphatic heterocycles. The summed E-state index contributed by atoms with van der Waals surface area (Å²) in [5.41, 5.74) is 3.52. The maximum absolute atomic E-state index is 10.6. The second-order valence-corrected chi connectivity index (χ2v) is 6.17. The minimum absolute atomic E-state index is 0.372. The van der Waals surface area contributed by atoms with E-state index in [9.17, 15) is 5.11 Å². The molecule has 0 bridgehead atoms. The molecule has 1 saturated heterocycles. The molecule has 0 saturated carbocycles. The van der Waals surface area contributed by atoms with Crippen LogP contribution in [0.25, 0.3) is 0 Å². The van der Waals surface area contributed by atoms with Crippen molar-refractivity contribution in [1.82, 2.24) is 4.90 Å². The summed E-state index contributed by atoms with van der Waals surface area (Å²) in [7, 11) is 2.01. The summed E-state index contributed by atoms with van der Waals surface area (Å²) in [6, 6.07) is 18.9. The van der Waals surface area contributed by atoms with Gasteiger partial charge in [0.15, 0.2) is 0 Å². The lowest BCUT2D eigenvalue weighted by Gasteiger charge is -2.30. The van der Waals surface area contributed by atoms with Gasteiger partial charge in [-0.25, -0.2) is 0 Å². The number of anilines is 1. The average molecular weight is 296 g/mol. The van der Waals surface area contributed by atoms with E-state index in [1.807, 2.05) is 37.4 Å². The minimum Gasteiger partial charge on any atom is -0.374 e. The Kier molecular flexibility index (Phi) is 4.46. The Balaban J connectivity index is 1.65. The lowest BCUT2D eigenvalue weighted by Crippen LogP contribution is -2.37. The Morgan fingerprint density at radius 3 is 2.45 bits per heavy atom. The van der Waals surface area contributed by atoms with E-state index in [4.69, 9.17) is 0 Å². The van der Waals surface area contributed by atoms with E-state index < -0.39 is 6.23 Å². The van der Waals surface area contributed by atoms with Gasteiger partial charge < -0.3 is 10.0 Å². The molecule has 3 nitrogen and oxygen atoms in total. The zero-order valence-electron chi connectivity index (χ0n) is 13.3. The van der Waals surface area contributed by atoms with Crippen molar-refractivity contribution in [1.29, 1.82) is 0 Å². The van der Waals surface area contributed by atoms with Gasteiger partial charge in [0, 0.05) is 24.8 Å². The lowest BCUT2D eigenvalue weighted by molar-refractivity contribution is -0.00274. The molecule has 2 aromatic rings. The maximum atomic E-state index is 10.6. The van der Waals surface area contributed by atoms with Crippen LogP contribution in [-0.4, -0.2) is 36.2 Å². The number of aliphatic hydroxyl groups excluding tert-OH is 1. The fraction of sp³-hybridized carbons (Fsp3) is 0.368. The van der Waals surface area contributed by atoms with E-state index >= 15 is 0 Å². The number of benzene rings is 2. The molecule has 0 aliphatic carbocycles. The minimum atomic E-state index is -0.538. The van der Waals surface area contributed by atoms with Crippen molar-refractivity contribution in [2.75, 3.05) is 25.0 Å². The summed E-state index contributed by atoms with van der Waals surface area (Å²) in [6.07, 6.45) is 0.540. The van der Waals surface area contributed by atoms with Crippen molar-refractivity contribution in [3.8, 4) is 0 Å². The molecule has 2 aromatic carbocycles. The molecule has 0 aromatic heterocycles. The molecule has 1 heterocycles. The molecule has 3 rings (SSSR count).